The third-order valence-electron chi connectivity index (χ3n) is 3.33. The SMILES string of the molecule is Ic1ccc(-c2ccc(-c3ccc(-c4ccccc4)s3)s2)s1. The number of thiophene rings is 3. The summed E-state index contributed by atoms with van der Waals surface area (Å²) >= 11 is 7.98. The molecule has 3 heterocycles. The number of hydrogen-bond acceptors (Lipinski definition) is 3. The topological polar surface area (TPSA) is 0 Å². The molecule has 4 rings (SSSR count). The summed E-state index contributed by atoms with van der Waals surface area (Å²) in [7, 11) is 0. The molecule has 0 fully saturated rings. The molecule has 4 heteroatoms. The molecule has 0 amide bonds. The molecule has 0 spiro atoms. The van der Waals surface area contributed by atoms with Gasteiger partial charge in [-0.1, -0.05) is 30.3 Å². The van der Waals surface area contributed by atoms with Crippen molar-refractivity contribution < 1.29 is 0 Å². The van der Waals surface area contributed by atoms with E-state index in [2.05, 4.69) is 89.3 Å². The minimum atomic E-state index is 1.29. The van der Waals surface area contributed by atoms with E-state index in [9.17, 15) is 0 Å². The summed E-state index contributed by atoms with van der Waals surface area (Å²) in [5.41, 5.74) is 1.29. The monoisotopic (exact) mass is 450 g/mol. The van der Waals surface area contributed by atoms with Crippen LogP contribution in [0.15, 0.2) is 66.7 Å². The Morgan fingerprint density at radius 3 is 1.59 bits per heavy atom. The molecule has 0 N–H and O–H groups in total. The van der Waals surface area contributed by atoms with E-state index in [1.54, 1.807) is 0 Å². The summed E-state index contributed by atoms with van der Waals surface area (Å²) in [5.74, 6) is 0. The molecule has 0 atom stereocenters. The maximum absolute atomic E-state index is 2.38. The first kappa shape index (κ1) is 14.6. The first-order valence-corrected chi connectivity index (χ1v) is 10.3. The molecule has 3 aromatic heterocycles. The first-order valence-electron chi connectivity index (χ1n) is 6.81. The van der Waals surface area contributed by atoms with E-state index in [-0.39, 0.29) is 0 Å². The predicted octanol–water partition coefficient (Wildman–Crippen LogP) is 7.48. The lowest BCUT2D eigenvalue weighted by atomic mass is 10.2. The van der Waals surface area contributed by atoms with Crippen molar-refractivity contribution >= 4 is 56.6 Å². The van der Waals surface area contributed by atoms with Gasteiger partial charge in [-0.15, -0.1) is 34.0 Å². The summed E-state index contributed by atoms with van der Waals surface area (Å²) in [6.07, 6.45) is 0. The fraction of sp³-hybridized carbons (Fsp3) is 0. The maximum atomic E-state index is 2.38. The van der Waals surface area contributed by atoms with Crippen molar-refractivity contribution in [3.05, 3.63) is 69.6 Å². The van der Waals surface area contributed by atoms with E-state index in [0.717, 1.165) is 0 Å². The van der Waals surface area contributed by atoms with Crippen molar-refractivity contribution in [1.82, 2.24) is 0 Å². The summed E-state index contributed by atoms with van der Waals surface area (Å²) in [4.78, 5) is 6.75. The van der Waals surface area contributed by atoms with E-state index < -0.39 is 0 Å². The fourth-order valence-electron chi connectivity index (χ4n) is 2.28. The van der Waals surface area contributed by atoms with Gasteiger partial charge in [0.25, 0.3) is 0 Å². The largest absolute Gasteiger partial charge is 0.134 e. The summed E-state index contributed by atoms with van der Waals surface area (Å²) in [6, 6.07) is 23.9. The standard InChI is InChI=1S/C18H11IS3/c19-18-11-10-17(22-18)16-9-8-15(21-16)14-7-6-13(20-14)12-4-2-1-3-5-12/h1-11H. The van der Waals surface area contributed by atoms with Gasteiger partial charge in [-0.05, 0) is 64.6 Å². The quantitative estimate of drug-likeness (QED) is 0.284. The molecule has 108 valence electrons. The highest BCUT2D eigenvalue weighted by atomic mass is 127. The Balaban J connectivity index is 1.66. The van der Waals surface area contributed by atoms with Crippen molar-refractivity contribution in [1.29, 1.82) is 0 Å². The third kappa shape index (κ3) is 2.93. The molecule has 0 aliphatic rings. The Kier molecular flexibility index (Phi) is 4.17. The minimum Gasteiger partial charge on any atom is -0.134 e. The highest BCUT2D eigenvalue weighted by Crippen LogP contribution is 2.41. The Morgan fingerprint density at radius 2 is 1.00 bits per heavy atom. The number of halogens is 1. The van der Waals surface area contributed by atoms with Gasteiger partial charge >= 0.3 is 0 Å². The average molecular weight is 450 g/mol. The smallest absolute Gasteiger partial charge is 0.0660 e. The maximum Gasteiger partial charge on any atom is 0.0660 e. The molecule has 0 bridgehead atoms. The van der Waals surface area contributed by atoms with Crippen LogP contribution in [0.25, 0.3) is 29.9 Å². The van der Waals surface area contributed by atoms with Crippen LogP contribution in [0.5, 0.6) is 0 Å². The van der Waals surface area contributed by atoms with Crippen LogP contribution in [0, 0.1) is 2.88 Å². The molecule has 0 saturated carbocycles. The Hall–Kier alpha value is -0.950. The lowest BCUT2D eigenvalue weighted by Gasteiger charge is -1.95. The van der Waals surface area contributed by atoms with Crippen molar-refractivity contribution in [3.8, 4) is 29.9 Å². The van der Waals surface area contributed by atoms with Crippen molar-refractivity contribution in [2.24, 2.45) is 0 Å². The zero-order valence-corrected chi connectivity index (χ0v) is 16.1. The number of rotatable bonds is 3. The van der Waals surface area contributed by atoms with Gasteiger partial charge in [-0.2, -0.15) is 0 Å². The molecular formula is C18H11IS3. The molecule has 1 aromatic carbocycles. The van der Waals surface area contributed by atoms with Crippen LogP contribution in [0.1, 0.15) is 0 Å². The van der Waals surface area contributed by atoms with Crippen molar-refractivity contribution in [2.75, 3.05) is 0 Å². The van der Waals surface area contributed by atoms with E-state index >= 15 is 0 Å². The van der Waals surface area contributed by atoms with Crippen LogP contribution in [0.4, 0.5) is 0 Å². The number of benzene rings is 1. The zero-order chi connectivity index (χ0) is 14.9. The summed E-state index contributed by atoms with van der Waals surface area (Å²) < 4.78 is 1.34. The van der Waals surface area contributed by atoms with Gasteiger partial charge in [0.15, 0.2) is 0 Å². The third-order valence-corrected chi connectivity index (χ3v) is 7.83. The Bertz CT molecular complexity index is 899. The summed E-state index contributed by atoms with van der Waals surface area (Å²) in [5, 5.41) is 0. The highest BCUT2D eigenvalue weighted by molar-refractivity contribution is 14.1. The van der Waals surface area contributed by atoms with Gasteiger partial charge in [0.1, 0.15) is 0 Å². The molecule has 0 saturated heterocycles. The Morgan fingerprint density at radius 1 is 0.500 bits per heavy atom. The van der Waals surface area contributed by atoms with Crippen molar-refractivity contribution in [2.45, 2.75) is 0 Å². The molecule has 0 aliphatic heterocycles. The second-order valence-electron chi connectivity index (χ2n) is 4.80. The van der Waals surface area contributed by atoms with E-state index in [1.165, 1.54) is 32.8 Å². The molecule has 4 aromatic rings. The summed E-state index contributed by atoms with van der Waals surface area (Å²) in [6.45, 7) is 0. The lowest BCUT2D eigenvalue weighted by molar-refractivity contribution is 1.70. The van der Waals surface area contributed by atoms with Gasteiger partial charge in [0.2, 0.25) is 0 Å². The molecular weight excluding hydrogens is 439 g/mol. The van der Waals surface area contributed by atoms with Crippen LogP contribution >= 0.6 is 56.6 Å². The minimum absolute atomic E-state index is 1.29. The lowest BCUT2D eigenvalue weighted by Crippen LogP contribution is -1.67. The molecule has 22 heavy (non-hydrogen) atoms. The highest BCUT2D eigenvalue weighted by Gasteiger charge is 2.09. The molecule has 0 unspecified atom stereocenters. The second-order valence-corrected chi connectivity index (χ2v) is 9.94. The normalized spacial score (nSPS) is 11.0. The average Bonchev–Trinajstić information content (AvgIpc) is 3.27. The van der Waals surface area contributed by atoms with Gasteiger partial charge < -0.3 is 0 Å². The second kappa shape index (κ2) is 6.28. The van der Waals surface area contributed by atoms with Crippen molar-refractivity contribution in [3.63, 3.8) is 0 Å². The van der Waals surface area contributed by atoms with E-state index in [0.29, 0.717) is 0 Å². The van der Waals surface area contributed by atoms with Crippen LogP contribution in [-0.2, 0) is 0 Å². The van der Waals surface area contributed by atoms with Gasteiger partial charge in [0, 0.05) is 24.4 Å². The van der Waals surface area contributed by atoms with Crippen LogP contribution in [-0.4, -0.2) is 0 Å². The molecule has 0 nitrogen and oxygen atoms in total. The number of hydrogen-bond donors (Lipinski definition) is 0. The molecule has 0 radical (unpaired) electrons. The van der Waals surface area contributed by atoms with Crippen LogP contribution < -0.4 is 0 Å². The van der Waals surface area contributed by atoms with E-state index in [1.807, 2.05) is 34.0 Å². The van der Waals surface area contributed by atoms with Gasteiger partial charge in [-0.25, -0.2) is 0 Å². The Labute approximate surface area is 155 Å². The molecule has 0 aliphatic carbocycles. The van der Waals surface area contributed by atoms with Crippen LogP contribution in [0.3, 0.4) is 0 Å². The zero-order valence-electron chi connectivity index (χ0n) is 11.5. The van der Waals surface area contributed by atoms with Gasteiger partial charge in [-0.3, -0.25) is 0 Å². The fourth-order valence-corrected chi connectivity index (χ4v) is 6.10. The van der Waals surface area contributed by atoms with Crippen LogP contribution in [0.2, 0.25) is 0 Å². The van der Waals surface area contributed by atoms with Gasteiger partial charge in [0.05, 0.1) is 2.88 Å². The predicted molar refractivity (Wildman–Crippen MR) is 109 cm³/mol. The first-order chi connectivity index (χ1) is 10.8. The van der Waals surface area contributed by atoms with E-state index in [4.69, 9.17) is 0 Å².